The number of benzene rings is 2. The molecule has 3 rings (SSSR count). The Kier molecular flexibility index (Phi) is 9.47. The van der Waals surface area contributed by atoms with Gasteiger partial charge in [-0.3, -0.25) is 0 Å². The molecule has 0 unspecified atom stereocenters. The largest absolute Gasteiger partial charge is 0.493 e. The zero-order valence-electron chi connectivity index (χ0n) is 20.0. The molecule has 2 N–H and O–H groups in total. The van der Waals surface area contributed by atoms with E-state index in [9.17, 15) is 13.6 Å². The summed E-state index contributed by atoms with van der Waals surface area (Å²) >= 11 is 0. The van der Waals surface area contributed by atoms with Gasteiger partial charge in [-0.2, -0.15) is 8.78 Å². The smallest absolute Gasteiger partial charge is 0.387 e. The Hall–Kier alpha value is -2.91. The minimum atomic E-state index is -2.94. The van der Waals surface area contributed by atoms with Crippen molar-refractivity contribution in [1.29, 1.82) is 0 Å². The fourth-order valence-electron chi connectivity index (χ4n) is 4.20. The van der Waals surface area contributed by atoms with E-state index in [1.165, 1.54) is 13.2 Å². The molecule has 0 spiro atoms. The number of nitrogens with zero attached hydrogens (tertiary/aromatic N) is 2. The molecule has 34 heavy (non-hydrogen) atoms. The van der Waals surface area contributed by atoms with Crippen LogP contribution in [0.2, 0.25) is 0 Å². The van der Waals surface area contributed by atoms with Crippen molar-refractivity contribution in [2.45, 2.75) is 38.1 Å². The average molecular weight is 477 g/mol. The zero-order chi connectivity index (χ0) is 24.5. The number of amides is 2. The van der Waals surface area contributed by atoms with Crippen LogP contribution in [0.15, 0.2) is 48.5 Å². The number of piperidine rings is 1. The minimum Gasteiger partial charge on any atom is -0.493 e. The first-order chi connectivity index (χ1) is 16.4. The summed E-state index contributed by atoms with van der Waals surface area (Å²) in [7, 11) is 5.63. The molecule has 1 atom stereocenters. The Labute approximate surface area is 200 Å². The molecule has 186 valence electrons. The van der Waals surface area contributed by atoms with Crippen molar-refractivity contribution >= 4 is 6.03 Å². The molecule has 2 amide bonds. The highest BCUT2D eigenvalue weighted by Gasteiger charge is 2.24. The van der Waals surface area contributed by atoms with Gasteiger partial charge < -0.3 is 29.9 Å². The summed E-state index contributed by atoms with van der Waals surface area (Å²) in [4.78, 5) is 17.4. The number of methoxy groups -OCH3 is 1. The maximum Gasteiger partial charge on any atom is 0.387 e. The summed E-state index contributed by atoms with van der Waals surface area (Å²) in [5, 5.41) is 5.94. The molecule has 0 saturated carbocycles. The molecule has 1 aliphatic rings. The van der Waals surface area contributed by atoms with E-state index in [0.29, 0.717) is 18.2 Å². The van der Waals surface area contributed by atoms with Gasteiger partial charge in [-0.15, -0.1) is 0 Å². The molecular formula is C25H34F2N4O3. The first-order valence-electron chi connectivity index (χ1n) is 11.5. The van der Waals surface area contributed by atoms with E-state index in [-0.39, 0.29) is 30.1 Å². The number of alkyl halides is 2. The second-order valence-electron chi connectivity index (χ2n) is 8.63. The number of halogens is 2. The van der Waals surface area contributed by atoms with Gasteiger partial charge in [0.15, 0.2) is 11.5 Å². The molecule has 0 bridgehead atoms. The third-order valence-corrected chi connectivity index (χ3v) is 6.19. The lowest BCUT2D eigenvalue weighted by Crippen LogP contribution is -2.47. The van der Waals surface area contributed by atoms with Crippen LogP contribution in [0.1, 0.15) is 30.0 Å². The zero-order valence-corrected chi connectivity index (χ0v) is 20.0. The van der Waals surface area contributed by atoms with Crippen molar-refractivity contribution in [3.8, 4) is 11.5 Å². The maximum atomic E-state index is 12.8. The number of carbonyl (C=O) groups excluding carboxylic acids is 1. The molecule has 9 heteroatoms. The summed E-state index contributed by atoms with van der Waals surface area (Å²) in [6.45, 7) is 0.113. The highest BCUT2D eigenvalue weighted by molar-refractivity contribution is 5.74. The van der Waals surface area contributed by atoms with E-state index in [0.717, 1.165) is 31.5 Å². The molecule has 0 aromatic heterocycles. The number of hydrogen-bond donors (Lipinski definition) is 2. The number of likely N-dealkylation sites (tertiary alicyclic amines) is 1. The topological polar surface area (TPSA) is 66.1 Å². The van der Waals surface area contributed by atoms with Gasteiger partial charge in [-0.05, 0) is 63.3 Å². The van der Waals surface area contributed by atoms with Crippen LogP contribution < -0.4 is 20.1 Å². The van der Waals surface area contributed by atoms with E-state index in [2.05, 4.69) is 39.3 Å². The van der Waals surface area contributed by atoms with Crippen molar-refractivity contribution in [3.05, 3.63) is 59.7 Å². The van der Waals surface area contributed by atoms with Crippen molar-refractivity contribution in [2.75, 3.05) is 40.8 Å². The predicted octanol–water partition coefficient (Wildman–Crippen LogP) is 3.86. The molecule has 0 aliphatic carbocycles. The van der Waals surface area contributed by atoms with Crippen LogP contribution >= 0.6 is 0 Å². The lowest BCUT2D eigenvalue weighted by Gasteiger charge is -2.37. The Bertz CT molecular complexity index is 908. The van der Waals surface area contributed by atoms with Crippen LogP contribution in [0.25, 0.3) is 0 Å². The SMILES string of the molecule is COc1cc(CNC(=O)N[C@@H](CN(C)C2CCN(C)CC2)c2ccccc2)ccc1OC(F)F. The van der Waals surface area contributed by atoms with Gasteiger partial charge in [0.25, 0.3) is 0 Å². The number of urea groups is 1. The summed E-state index contributed by atoms with van der Waals surface area (Å²) < 4.78 is 34.6. The van der Waals surface area contributed by atoms with Crippen LogP contribution in [-0.2, 0) is 6.54 Å². The van der Waals surface area contributed by atoms with E-state index in [1.54, 1.807) is 12.1 Å². The second kappa shape index (κ2) is 12.5. The number of carbonyl (C=O) groups is 1. The fourth-order valence-corrected chi connectivity index (χ4v) is 4.20. The first kappa shape index (κ1) is 25.7. The van der Waals surface area contributed by atoms with Gasteiger partial charge in [-0.1, -0.05) is 36.4 Å². The standard InChI is InChI=1S/C25H34F2N4O3/c1-30-13-11-20(12-14-30)31(2)17-21(19-7-5-4-6-8-19)29-25(32)28-16-18-9-10-22(34-24(26)27)23(15-18)33-3/h4-10,15,20-21,24H,11-14,16-17H2,1-3H3,(H2,28,29,32)/t21-/m0/s1. The molecule has 1 heterocycles. The summed E-state index contributed by atoms with van der Waals surface area (Å²) in [6.07, 6.45) is 2.21. The molecular weight excluding hydrogens is 442 g/mol. The van der Waals surface area contributed by atoms with Gasteiger partial charge in [0.2, 0.25) is 0 Å². The van der Waals surface area contributed by atoms with Crippen LogP contribution in [-0.4, -0.2) is 69.3 Å². The second-order valence-corrected chi connectivity index (χ2v) is 8.63. The van der Waals surface area contributed by atoms with Gasteiger partial charge in [-0.25, -0.2) is 4.79 Å². The Morgan fingerprint density at radius 3 is 2.50 bits per heavy atom. The van der Waals surface area contributed by atoms with Crippen molar-refractivity contribution in [1.82, 2.24) is 20.4 Å². The Morgan fingerprint density at radius 1 is 1.15 bits per heavy atom. The highest BCUT2D eigenvalue weighted by atomic mass is 19.3. The average Bonchev–Trinajstić information content (AvgIpc) is 2.83. The Balaban J connectivity index is 1.61. The highest BCUT2D eigenvalue weighted by Crippen LogP contribution is 2.29. The van der Waals surface area contributed by atoms with Crippen LogP contribution in [0.3, 0.4) is 0 Å². The van der Waals surface area contributed by atoms with Crippen molar-refractivity contribution in [2.24, 2.45) is 0 Å². The van der Waals surface area contributed by atoms with Crippen LogP contribution in [0, 0.1) is 0 Å². The third kappa shape index (κ3) is 7.56. The molecule has 7 nitrogen and oxygen atoms in total. The fraction of sp³-hybridized carbons (Fsp3) is 0.480. The lowest BCUT2D eigenvalue weighted by molar-refractivity contribution is -0.0512. The van der Waals surface area contributed by atoms with Crippen LogP contribution in [0.5, 0.6) is 11.5 Å². The minimum absolute atomic E-state index is 0.0493. The predicted molar refractivity (Wildman–Crippen MR) is 127 cm³/mol. The van der Waals surface area contributed by atoms with Gasteiger partial charge in [0.05, 0.1) is 13.2 Å². The Morgan fingerprint density at radius 2 is 1.85 bits per heavy atom. The van der Waals surface area contributed by atoms with Gasteiger partial charge in [0, 0.05) is 19.1 Å². The van der Waals surface area contributed by atoms with Crippen molar-refractivity contribution < 1.29 is 23.0 Å². The maximum absolute atomic E-state index is 12.8. The molecule has 1 aliphatic heterocycles. The van der Waals surface area contributed by atoms with Gasteiger partial charge in [0.1, 0.15) is 0 Å². The van der Waals surface area contributed by atoms with E-state index in [1.807, 2.05) is 30.3 Å². The number of ether oxygens (including phenoxy) is 2. The number of nitrogens with one attached hydrogen (secondary N) is 2. The lowest BCUT2D eigenvalue weighted by atomic mass is 10.0. The molecule has 2 aromatic rings. The summed E-state index contributed by atoms with van der Waals surface area (Å²) in [5.41, 5.74) is 1.74. The molecule has 2 aromatic carbocycles. The van der Waals surface area contributed by atoms with Crippen molar-refractivity contribution in [3.63, 3.8) is 0 Å². The number of hydrogen-bond acceptors (Lipinski definition) is 5. The summed E-state index contributed by atoms with van der Waals surface area (Å²) in [5.74, 6) is 0.133. The quantitative estimate of drug-likeness (QED) is 0.545. The summed E-state index contributed by atoms with van der Waals surface area (Å²) in [6, 6.07) is 14.5. The first-order valence-corrected chi connectivity index (χ1v) is 11.5. The third-order valence-electron chi connectivity index (χ3n) is 6.19. The van der Waals surface area contributed by atoms with E-state index < -0.39 is 6.61 Å². The molecule has 0 radical (unpaired) electrons. The molecule has 1 fully saturated rings. The molecule has 1 saturated heterocycles. The number of rotatable bonds is 10. The van der Waals surface area contributed by atoms with E-state index >= 15 is 0 Å². The van der Waals surface area contributed by atoms with E-state index in [4.69, 9.17) is 4.74 Å². The van der Waals surface area contributed by atoms with Gasteiger partial charge >= 0.3 is 12.6 Å². The number of likely N-dealkylation sites (N-methyl/N-ethyl adjacent to an activating group) is 1. The monoisotopic (exact) mass is 476 g/mol. The normalized spacial score (nSPS) is 15.9. The van der Waals surface area contributed by atoms with Crippen LogP contribution in [0.4, 0.5) is 13.6 Å².